The number of aromatic amines is 1. The van der Waals surface area contributed by atoms with Crippen LogP contribution in [0.3, 0.4) is 0 Å². The molecular formula is C22H30N3O3+. The van der Waals surface area contributed by atoms with Gasteiger partial charge in [-0.25, -0.2) is 4.98 Å². The van der Waals surface area contributed by atoms with Gasteiger partial charge >= 0.3 is 0 Å². The molecule has 0 unspecified atom stereocenters. The second-order valence-corrected chi connectivity index (χ2v) is 8.29. The van der Waals surface area contributed by atoms with Crippen LogP contribution in [0.5, 0.6) is 0 Å². The third-order valence-electron chi connectivity index (χ3n) is 6.46. The van der Waals surface area contributed by atoms with Gasteiger partial charge in [-0.3, -0.25) is 4.79 Å². The van der Waals surface area contributed by atoms with Crippen molar-refractivity contribution in [3.8, 4) is 11.3 Å². The first kappa shape index (κ1) is 19.3. The Labute approximate surface area is 165 Å². The predicted octanol–water partition coefficient (Wildman–Crippen LogP) is 0.564. The summed E-state index contributed by atoms with van der Waals surface area (Å²) in [5.74, 6) is 0.628. The monoisotopic (exact) mass is 384 g/mol. The van der Waals surface area contributed by atoms with E-state index in [0.29, 0.717) is 25.5 Å². The van der Waals surface area contributed by atoms with Crippen LogP contribution in [0.2, 0.25) is 0 Å². The van der Waals surface area contributed by atoms with Gasteiger partial charge in [0.25, 0.3) is 5.56 Å². The van der Waals surface area contributed by atoms with E-state index >= 15 is 0 Å². The second kappa shape index (κ2) is 8.15. The number of fused-ring (bicyclic) bond motifs is 4. The fourth-order valence-corrected chi connectivity index (χ4v) is 5.16. The maximum Gasteiger partial charge on any atom is 0.255 e. The minimum atomic E-state index is -0.0935. The first-order valence-corrected chi connectivity index (χ1v) is 10.4. The number of aliphatic hydroxyl groups excluding tert-OH is 2. The smallest absolute Gasteiger partial charge is 0.255 e. The van der Waals surface area contributed by atoms with Crippen molar-refractivity contribution in [2.45, 2.75) is 50.5 Å². The molecule has 0 aliphatic heterocycles. The average Bonchev–Trinajstić information content (AvgIpc) is 2.69. The Balaban J connectivity index is 1.80. The molecule has 1 fully saturated rings. The number of quaternary nitrogens is 1. The molecule has 1 saturated carbocycles. The number of H-pyrrole nitrogens is 1. The average molecular weight is 385 g/mol. The lowest BCUT2D eigenvalue weighted by Crippen LogP contribution is -3.11. The Bertz CT molecular complexity index is 881. The van der Waals surface area contributed by atoms with Crippen molar-refractivity contribution in [1.82, 2.24) is 9.97 Å². The van der Waals surface area contributed by atoms with Crippen molar-refractivity contribution in [3.05, 3.63) is 51.6 Å². The van der Waals surface area contributed by atoms with Gasteiger partial charge in [-0.15, -0.1) is 0 Å². The van der Waals surface area contributed by atoms with E-state index in [-0.39, 0.29) is 24.2 Å². The first-order valence-electron chi connectivity index (χ1n) is 10.4. The highest BCUT2D eigenvalue weighted by Crippen LogP contribution is 2.48. The maximum absolute atomic E-state index is 13.3. The zero-order chi connectivity index (χ0) is 19.6. The summed E-state index contributed by atoms with van der Waals surface area (Å²) in [5.41, 5.74) is 3.98. The van der Waals surface area contributed by atoms with Crippen LogP contribution < -0.4 is 10.5 Å². The van der Waals surface area contributed by atoms with Gasteiger partial charge < -0.3 is 20.1 Å². The Morgan fingerprint density at radius 3 is 2.50 bits per heavy atom. The summed E-state index contributed by atoms with van der Waals surface area (Å²) in [7, 11) is 0. The number of nitrogens with zero attached hydrogens (tertiary/aromatic N) is 1. The van der Waals surface area contributed by atoms with E-state index in [1.54, 1.807) is 0 Å². The molecule has 1 heterocycles. The number of hydrogen-bond donors (Lipinski definition) is 4. The van der Waals surface area contributed by atoms with Gasteiger partial charge in [0, 0.05) is 11.0 Å². The minimum absolute atomic E-state index is 0.0104. The predicted molar refractivity (Wildman–Crippen MR) is 107 cm³/mol. The van der Waals surface area contributed by atoms with Gasteiger partial charge in [0.15, 0.2) is 5.82 Å². The maximum atomic E-state index is 13.3. The van der Waals surface area contributed by atoms with Crippen molar-refractivity contribution < 1.29 is 15.1 Å². The lowest BCUT2D eigenvalue weighted by atomic mass is 9.62. The topological polar surface area (TPSA) is 90.7 Å². The van der Waals surface area contributed by atoms with Crippen molar-refractivity contribution >= 4 is 0 Å². The van der Waals surface area contributed by atoms with Gasteiger partial charge in [0.1, 0.15) is 19.6 Å². The van der Waals surface area contributed by atoms with Crippen LogP contribution in [-0.2, 0) is 18.4 Å². The van der Waals surface area contributed by atoms with Crippen molar-refractivity contribution in [2.75, 3.05) is 26.3 Å². The van der Waals surface area contributed by atoms with E-state index in [1.165, 1.54) is 12.0 Å². The molecule has 28 heavy (non-hydrogen) atoms. The fraction of sp³-hybridized carbons (Fsp3) is 0.545. The summed E-state index contributed by atoms with van der Waals surface area (Å²) >= 11 is 0. The Morgan fingerprint density at radius 1 is 1.07 bits per heavy atom. The summed E-state index contributed by atoms with van der Waals surface area (Å²) in [4.78, 5) is 22.2. The second-order valence-electron chi connectivity index (χ2n) is 8.29. The van der Waals surface area contributed by atoms with Crippen LogP contribution in [0.25, 0.3) is 11.3 Å². The van der Waals surface area contributed by atoms with Crippen LogP contribution in [0.1, 0.15) is 49.1 Å². The van der Waals surface area contributed by atoms with E-state index in [4.69, 9.17) is 4.98 Å². The SMILES string of the molecule is O=c1[nH]c(C[NH+](CCO)CCO)nc2c1C1(CCCCC1)Cc1ccccc1-2. The van der Waals surface area contributed by atoms with E-state index < -0.39 is 0 Å². The molecule has 1 aromatic heterocycles. The zero-order valence-electron chi connectivity index (χ0n) is 16.3. The third-order valence-corrected chi connectivity index (χ3v) is 6.46. The molecule has 4 N–H and O–H groups in total. The molecule has 0 atom stereocenters. The highest BCUT2D eigenvalue weighted by molar-refractivity contribution is 5.71. The van der Waals surface area contributed by atoms with Gasteiger partial charge in [-0.1, -0.05) is 43.5 Å². The highest BCUT2D eigenvalue weighted by Gasteiger charge is 2.42. The Morgan fingerprint density at radius 2 is 1.79 bits per heavy atom. The van der Waals surface area contributed by atoms with E-state index in [0.717, 1.165) is 53.8 Å². The van der Waals surface area contributed by atoms with Gasteiger partial charge in [0.2, 0.25) is 0 Å². The normalized spacial score (nSPS) is 17.5. The van der Waals surface area contributed by atoms with Gasteiger partial charge in [0.05, 0.1) is 24.5 Å². The highest BCUT2D eigenvalue weighted by atomic mass is 16.3. The molecule has 6 nitrogen and oxygen atoms in total. The lowest BCUT2D eigenvalue weighted by Gasteiger charge is -2.41. The molecule has 1 aromatic carbocycles. The standard InChI is InChI=1S/C22H29N3O3/c26-12-10-25(11-13-27)15-18-23-20-17-7-3-2-6-16(17)14-22(8-4-1-5-9-22)19(20)21(28)24-18/h2-3,6-7,26-27H,1,4-5,8-15H2,(H,23,24,28)/p+1. The zero-order valence-corrected chi connectivity index (χ0v) is 16.3. The Kier molecular flexibility index (Phi) is 5.62. The number of rotatable bonds is 6. The van der Waals surface area contributed by atoms with Gasteiger partial charge in [-0.2, -0.15) is 0 Å². The van der Waals surface area contributed by atoms with Crippen LogP contribution >= 0.6 is 0 Å². The molecule has 150 valence electrons. The molecule has 4 rings (SSSR count). The summed E-state index contributed by atoms with van der Waals surface area (Å²) in [6, 6.07) is 8.33. The number of nitrogens with one attached hydrogen (secondary N) is 2. The molecule has 0 saturated heterocycles. The minimum Gasteiger partial charge on any atom is -0.391 e. The molecule has 0 amide bonds. The first-order chi connectivity index (χ1) is 13.7. The number of benzene rings is 1. The lowest BCUT2D eigenvalue weighted by molar-refractivity contribution is -0.915. The Hall–Kier alpha value is -2.02. The molecule has 0 radical (unpaired) electrons. The molecule has 2 aliphatic carbocycles. The molecular weight excluding hydrogens is 354 g/mol. The summed E-state index contributed by atoms with van der Waals surface area (Å²) in [6.45, 7) is 1.59. The molecule has 1 spiro atoms. The number of aromatic nitrogens is 2. The number of aliphatic hydroxyl groups is 2. The molecule has 2 aromatic rings. The molecule has 2 aliphatic rings. The summed E-state index contributed by atoms with van der Waals surface area (Å²) < 4.78 is 0. The summed E-state index contributed by atoms with van der Waals surface area (Å²) in [6.07, 6.45) is 6.58. The largest absolute Gasteiger partial charge is 0.391 e. The van der Waals surface area contributed by atoms with E-state index in [2.05, 4.69) is 23.2 Å². The van der Waals surface area contributed by atoms with Crippen molar-refractivity contribution in [3.63, 3.8) is 0 Å². The van der Waals surface area contributed by atoms with Crippen molar-refractivity contribution in [1.29, 1.82) is 0 Å². The number of hydrogen-bond acceptors (Lipinski definition) is 4. The van der Waals surface area contributed by atoms with Crippen LogP contribution in [0, 0.1) is 0 Å². The third kappa shape index (κ3) is 3.52. The van der Waals surface area contributed by atoms with Crippen LogP contribution in [0.15, 0.2) is 29.1 Å². The van der Waals surface area contributed by atoms with E-state index in [1.807, 2.05) is 6.07 Å². The van der Waals surface area contributed by atoms with Crippen LogP contribution in [0.4, 0.5) is 0 Å². The van der Waals surface area contributed by atoms with Crippen molar-refractivity contribution in [2.24, 2.45) is 0 Å². The quantitative estimate of drug-likeness (QED) is 0.586. The van der Waals surface area contributed by atoms with E-state index in [9.17, 15) is 15.0 Å². The van der Waals surface area contributed by atoms with Crippen LogP contribution in [-0.4, -0.2) is 46.5 Å². The summed E-state index contributed by atoms with van der Waals surface area (Å²) in [5, 5.41) is 18.6. The fourth-order valence-electron chi connectivity index (χ4n) is 5.16. The molecule has 6 heteroatoms. The molecule has 0 bridgehead atoms. The van der Waals surface area contributed by atoms with Gasteiger partial charge in [-0.05, 0) is 24.8 Å².